The van der Waals surface area contributed by atoms with Crippen LogP contribution in [0.3, 0.4) is 0 Å². The molecule has 2 amide bonds. The van der Waals surface area contributed by atoms with Gasteiger partial charge in [0.25, 0.3) is 0 Å². The number of hydrogen-bond donors (Lipinski definition) is 1. The molecule has 27 heavy (non-hydrogen) atoms. The van der Waals surface area contributed by atoms with Crippen LogP contribution in [-0.2, 0) is 6.54 Å². The lowest BCUT2D eigenvalue weighted by Gasteiger charge is -2.37. The number of benzene rings is 2. The summed E-state index contributed by atoms with van der Waals surface area (Å²) in [7, 11) is 1.62. The molecule has 1 aliphatic rings. The van der Waals surface area contributed by atoms with E-state index in [0.717, 1.165) is 29.2 Å². The van der Waals surface area contributed by atoms with E-state index in [1.54, 1.807) is 7.11 Å². The molecule has 0 saturated heterocycles. The molecular formula is C22H23N3O2. The Hall–Kier alpha value is -3.21. The number of rotatable bonds is 3. The smallest absolute Gasteiger partial charge is 0.322 e. The molecule has 5 heteroatoms. The second-order valence-electron chi connectivity index (χ2n) is 6.80. The minimum absolute atomic E-state index is 0.110. The molecule has 0 fully saturated rings. The first-order valence-corrected chi connectivity index (χ1v) is 9.09. The fourth-order valence-electron chi connectivity index (χ4n) is 3.60. The van der Waals surface area contributed by atoms with Crippen molar-refractivity contribution in [3.63, 3.8) is 0 Å². The van der Waals surface area contributed by atoms with E-state index < -0.39 is 0 Å². The van der Waals surface area contributed by atoms with Crippen LogP contribution in [0.25, 0.3) is 0 Å². The maximum Gasteiger partial charge on any atom is 0.322 e. The quantitative estimate of drug-likeness (QED) is 0.749. The first-order chi connectivity index (χ1) is 13.2. The van der Waals surface area contributed by atoms with Gasteiger partial charge in [0.05, 0.1) is 13.2 Å². The van der Waals surface area contributed by atoms with Crippen LogP contribution in [0.4, 0.5) is 10.5 Å². The van der Waals surface area contributed by atoms with Crippen molar-refractivity contribution < 1.29 is 9.53 Å². The van der Waals surface area contributed by atoms with E-state index in [4.69, 9.17) is 4.74 Å². The Morgan fingerprint density at radius 3 is 2.67 bits per heavy atom. The Balaban J connectivity index is 1.65. The highest BCUT2D eigenvalue weighted by Crippen LogP contribution is 2.33. The van der Waals surface area contributed by atoms with Crippen LogP contribution in [0, 0.1) is 6.92 Å². The molecule has 0 saturated carbocycles. The van der Waals surface area contributed by atoms with E-state index in [0.29, 0.717) is 6.54 Å². The summed E-state index contributed by atoms with van der Waals surface area (Å²) in [4.78, 5) is 15.0. The van der Waals surface area contributed by atoms with Crippen LogP contribution in [0.2, 0.25) is 0 Å². The average molecular weight is 361 g/mol. The molecule has 0 aliphatic carbocycles. The third-order valence-corrected chi connectivity index (χ3v) is 5.01. The lowest BCUT2D eigenvalue weighted by molar-refractivity contribution is 0.182. The van der Waals surface area contributed by atoms with E-state index >= 15 is 0 Å². The number of aryl methyl sites for hydroxylation is 1. The topological polar surface area (TPSA) is 46.5 Å². The summed E-state index contributed by atoms with van der Waals surface area (Å²) in [5, 5.41) is 3.02. The Morgan fingerprint density at radius 1 is 1.07 bits per heavy atom. The van der Waals surface area contributed by atoms with E-state index in [-0.39, 0.29) is 12.1 Å². The van der Waals surface area contributed by atoms with Crippen molar-refractivity contribution >= 4 is 11.7 Å². The number of anilines is 1. The molecule has 2 heterocycles. The van der Waals surface area contributed by atoms with Gasteiger partial charge < -0.3 is 19.5 Å². The van der Waals surface area contributed by atoms with Gasteiger partial charge in [0.15, 0.2) is 0 Å². The van der Waals surface area contributed by atoms with Gasteiger partial charge in [0, 0.05) is 36.7 Å². The predicted octanol–water partition coefficient (Wildman–Crippen LogP) is 4.44. The predicted molar refractivity (Wildman–Crippen MR) is 106 cm³/mol. The van der Waals surface area contributed by atoms with Gasteiger partial charge in [-0.05, 0) is 36.8 Å². The Kier molecular flexibility index (Phi) is 4.59. The molecule has 4 rings (SSSR count). The number of nitrogens with zero attached hydrogens (tertiary/aromatic N) is 2. The fraction of sp³-hybridized carbons (Fsp3) is 0.227. The number of carbonyl (C=O) groups excluding carboxylic acids is 1. The summed E-state index contributed by atoms with van der Waals surface area (Å²) in [5.74, 6) is 0.718. The molecule has 1 aliphatic heterocycles. The summed E-state index contributed by atoms with van der Waals surface area (Å²) in [6.07, 6.45) is 2.08. The second-order valence-corrected chi connectivity index (χ2v) is 6.80. The van der Waals surface area contributed by atoms with Gasteiger partial charge in [-0.15, -0.1) is 0 Å². The first-order valence-electron chi connectivity index (χ1n) is 9.09. The van der Waals surface area contributed by atoms with Gasteiger partial charge in [0.2, 0.25) is 0 Å². The molecule has 3 aromatic rings. The standard InChI is InChI=1S/C22H23N3O2/c1-16-8-10-17(11-9-16)21-20-7-4-12-24(20)13-14-25(21)22(26)23-18-5-3-6-19(15-18)27-2/h3-12,15,21H,13-14H2,1-2H3,(H,23,26)/t21-/m0/s1. The van der Waals surface area contributed by atoms with Crippen molar-refractivity contribution in [2.24, 2.45) is 0 Å². The molecular weight excluding hydrogens is 338 g/mol. The van der Waals surface area contributed by atoms with E-state index in [9.17, 15) is 4.79 Å². The zero-order valence-electron chi connectivity index (χ0n) is 15.6. The van der Waals surface area contributed by atoms with Crippen LogP contribution in [0.5, 0.6) is 5.75 Å². The lowest BCUT2D eigenvalue weighted by atomic mass is 9.99. The van der Waals surface area contributed by atoms with Crippen molar-refractivity contribution in [3.05, 3.63) is 83.7 Å². The molecule has 2 aromatic carbocycles. The number of amides is 2. The van der Waals surface area contributed by atoms with E-state index in [1.807, 2.05) is 35.2 Å². The normalized spacial score (nSPS) is 15.9. The summed E-state index contributed by atoms with van der Waals surface area (Å²) in [5.41, 5.74) is 4.17. The van der Waals surface area contributed by atoms with Gasteiger partial charge in [0.1, 0.15) is 5.75 Å². The van der Waals surface area contributed by atoms with Gasteiger partial charge >= 0.3 is 6.03 Å². The molecule has 5 nitrogen and oxygen atoms in total. The third kappa shape index (κ3) is 3.40. The minimum atomic E-state index is -0.111. The molecule has 1 atom stereocenters. The maximum atomic E-state index is 13.1. The number of ether oxygens (including phenoxy) is 1. The number of carbonyl (C=O) groups is 1. The van der Waals surface area contributed by atoms with E-state index in [1.165, 1.54) is 5.56 Å². The summed E-state index contributed by atoms with van der Waals surface area (Å²) < 4.78 is 7.47. The Bertz CT molecular complexity index is 946. The molecule has 0 radical (unpaired) electrons. The summed E-state index contributed by atoms with van der Waals surface area (Å²) in [6, 6.07) is 19.7. The fourth-order valence-corrected chi connectivity index (χ4v) is 3.60. The van der Waals surface area contributed by atoms with Crippen LogP contribution < -0.4 is 10.1 Å². The Labute approximate surface area is 159 Å². The molecule has 0 spiro atoms. The first kappa shape index (κ1) is 17.2. The zero-order chi connectivity index (χ0) is 18.8. The molecule has 1 aromatic heterocycles. The van der Waals surface area contributed by atoms with Crippen LogP contribution in [0.15, 0.2) is 66.9 Å². The molecule has 138 valence electrons. The van der Waals surface area contributed by atoms with Crippen molar-refractivity contribution in [2.45, 2.75) is 19.5 Å². The Morgan fingerprint density at radius 2 is 1.89 bits per heavy atom. The van der Waals surface area contributed by atoms with Gasteiger partial charge in [-0.2, -0.15) is 0 Å². The van der Waals surface area contributed by atoms with E-state index in [2.05, 4.69) is 53.3 Å². The van der Waals surface area contributed by atoms with Crippen molar-refractivity contribution in [1.29, 1.82) is 0 Å². The lowest BCUT2D eigenvalue weighted by Crippen LogP contribution is -2.44. The number of fused-ring (bicyclic) bond motifs is 1. The van der Waals surface area contributed by atoms with Crippen LogP contribution in [0.1, 0.15) is 22.9 Å². The summed E-state index contributed by atoms with van der Waals surface area (Å²) >= 11 is 0. The number of hydrogen-bond acceptors (Lipinski definition) is 2. The van der Waals surface area contributed by atoms with Crippen molar-refractivity contribution in [2.75, 3.05) is 19.0 Å². The summed E-state index contributed by atoms with van der Waals surface area (Å²) in [6.45, 7) is 3.51. The third-order valence-electron chi connectivity index (χ3n) is 5.01. The monoisotopic (exact) mass is 361 g/mol. The molecule has 1 N–H and O–H groups in total. The zero-order valence-corrected chi connectivity index (χ0v) is 15.6. The number of urea groups is 1. The van der Waals surface area contributed by atoms with Crippen LogP contribution >= 0.6 is 0 Å². The number of methoxy groups -OCH3 is 1. The maximum absolute atomic E-state index is 13.1. The average Bonchev–Trinajstić information content (AvgIpc) is 3.17. The highest BCUT2D eigenvalue weighted by molar-refractivity contribution is 5.90. The second kappa shape index (κ2) is 7.19. The largest absolute Gasteiger partial charge is 0.497 e. The number of nitrogens with one attached hydrogen (secondary N) is 1. The minimum Gasteiger partial charge on any atom is -0.497 e. The van der Waals surface area contributed by atoms with Crippen LogP contribution in [-0.4, -0.2) is 29.2 Å². The van der Waals surface area contributed by atoms with Gasteiger partial charge in [-0.1, -0.05) is 35.9 Å². The molecule has 0 unspecified atom stereocenters. The van der Waals surface area contributed by atoms with Gasteiger partial charge in [-0.25, -0.2) is 4.79 Å². The highest BCUT2D eigenvalue weighted by Gasteiger charge is 2.32. The number of aromatic nitrogens is 1. The van der Waals surface area contributed by atoms with Gasteiger partial charge in [-0.3, -0.25) is 0 Å². The molecule has 0 bridgehead atoms. The van der Waals surface area contributed by atoms with Crippen molar-refractivity contribution in [1.82, 2.24) is 9.47 Å². The highest BCUT2D eigenvalue weighted by atomic mass is 16.5. The van der Waals surface area contributed by atoms with Crippen molar-refractivity contribution in [3.8, 4) is 5.75 Å². The SMILES string of the molecule is COc1cccc(NC(=O)N2CCn3cccc3[C@@H]2c2ccc(C)cc2)c1.